The molecule has 0 spiro atoms. The Kier molecular flexibility index (Phi) is 7.07. The largest absolute Gasteiger partial charge is 0.481 e. The fraction of sp³-hybridized carbons (Fsp3) is 0.167. The average molecular weight is 389 g/mol. The third-order valence-electron chi connectivity index (χ3n) is 3.39. The van der Waals surface area contributed by atoms with Crippen LogP contribution in [0.4, 0.5) is 5.69 Å². The lowest BCUT2D eigenvalue weighted by Crippen LogP contribution is -2.29. The summed E-state index contributed by atoms with van der Waals surface area (Å²) in [5.74, 6) is -3.31. The molecular weight excluding hydrogens is 374 g/mol. The Morgan fingerprint density at radius 1 is 1.07 bits per heavy atom. The molecule has 0 aromatic heterocycles. The van der Waals surface area contributed by atoms with Gasteiger partial charge in [0.15, 0.2) is 0 Å². The SMILES string of the molecule is O=C(O)CC(Sc1ccccc1)C(=O)C(=O)OCc1ccc([N+](=O)[O-])cc1. The van der Waals surface area contributed by atoms with Crippen molar-refractivity contribution in [2.24, 2.45) is 0 Å². The molecule has 0 amide bonds. The van der Waals surface area contributed by atoms with Crippen LogP contribution in [0.15, 0.2) is 59.5 Å². The first-order valence-corrected chi connectivity index (χ1v) is 8.62. The number of benzene rings is 2. The number of nitro benzene ring substituents is 1. The minimum atomic E-state index is -1.21. The lowest BCUT2D eigenvalue weighted by atomic mass is 10.2. The average Bonchev–Trinajstić information content (AvgIpc) is 2.65. The van der Waals surface area contributed by atoms with Crippen LogP contribution in [0.1, 0.15) is 12.0 Å². The van der Waals surface area contributed by atoms with Crippen LogP contribution in [0.25, 0.3) is 0 Å². The number of nitrogens with zero attached hydrogens (tertiary/aromatic N) is 1. The van der Waals surface area contributed by atoms with Crippen molar-refractivity contribution in [2.75, 3.05) is 0 Å². The molecule has 9 heteroatoms. The Hall–Kier alpha value is -3.20. The molecule has 1 unspecified atom stereocenters. The van der Waals surface area contributed by atoms with Crippen molar-refractivity contribution < 1.29 is 29.2 Å². The zero-order valence-corrected chi connectivity index (χ0v) is 14.8. The molecule has 1 atom stereocenters. The lowest BCUT2D eigenvalue weighted by Gasteiger charge is -2.13. The van der Waals surface area contributed by atoms with E-state index in [0.29, 0.717) is 10.5 Å². The van der Waals surface area contributed by atoms with Crippen molar-refractivity contribution in [2.45, 2.75) is 23.2 Å². The summed E-state index contributed by atoms with van der Waals surface area (Å²) in [6.07, 6.45) is -0.523. The van der Waals surface area contributed by atoms with Gasteiger partial charge < -0.3 is 9.84 Å². The first-order valence-electron chi connectivity index (χ1n) is 7.74. The molecule has 0 aliphatic carbocycles. The summed E-state index contributed by atoms with van der Waals surface area (Å²) in [7, 11) is 0. The van der Waals surface area contributed by atoms with E-state index in [0.717, 1.165) is 11.8 Å². The van der Waals surface area contributed by atoms with Crippen molar-refractivity contribution in [1.82, 2.24) is 0 Å². The number of aliphatic carboxylic acids is 1. The van der Waals surface area contributed by atoms with Crippen LogP contribution in [0.5, 0.6) is 0 Å². The number of carbonyl (C=O) groups is 3. The number of non-ortho nitro benzene ring substituents is 1. The molecule has 0 fully saturated rings. The Bertz CT molecular complexity index is 837. The zero-order chi connectivity index (χ0) is 19.8. The fourth-order valence-corrected chi connectivity index (χ4v) is 3.15. The van der Waals surface area contributed by atoms with E-state index in [9.17, 15) is 24.5 Å². The Morgan fingerprint density at radius 3 is 2.26 bits per heavy atom. The van der Waals surface area contributed by atoms with Crippen LogP contribution < -0.4 is 0 Å². The summed E-state index contributed by atoms with van der Waals surface area (Å²) in [5, 5.41) is 18.5. The molecule has 2 aromatic carbocycles. The Labute approximate surface area is 158 Å². The molecule has 0 aliphatic rings. The van der Waals surface area contributed by atoms with E-state index in [1.165, 1.54) is 24.3 Å². The molecule has 27 heavy (non-hydrogen) atoms. The fourth-order valence-electron chi connectivity index (χ4n) is 2.08. The zero-order valence-electron chi connectivity index (χ0n) is 13.9. The van der Waals surface area contributed by atoms with Gasteiger partial charge in [-0.25, -0.2) is 4.79 Å². The molecule has 2 rings (SSSR count). The predicted molar refractivity (Wildman–Crippen MR) is 96.2 cm³/mol. The van der Waals surface area contributed by atoms with E-state index in [2.05, 4.69) is 0 Å². The Morgan fingerprint density at radius 2 is 1.70 bits per heavy atom. The maximum Gasteiger partial charge on any atom is 0.376 e. The van der Waals surface area contributed by atoms with Crippen LogP contribution in [0.3, 0.4) is 0 Å². The summed E-state index contributed by atoms with van der Waals surface area (Å²) in [5.41, 5.74) is 0.356. The van der Waals surface area contributed by atoms with E-state index in [-0.39, 0.29) is 12.3 Å². The lowest BCUT2D eigenvalue weighted by molar-refractivity contribution is -0.384. The summed E-state index contributed by atoms with van der Waals surface area (Å²) < 4.78 is 4.93. The number of Topliss-reactive ketones (excluding diaryl/α,β-unsaturated/α-hetero) is 1. The standard InChI is InChI=1S/C18H15NO7S/c20-16(21)10-15(27-14-4-2-1-3-5-14)17(22)18(23)26-11-12-6-8-13(9-7-12)19(24)25/h1-9,15H,10-11H2,(H,20,21). The number of esters is 1. The van der Waals surface area contributed by atoms with Crippen molar-refractivity contribution in [3.05, 3.63) is 70.3 Å². The molecule has 2 aromatic rings. The summed E-state index contributed by atoms with van der Waals surface area (Å²) >= 11 is 0.974. The monoisotopic (exact) mass is 389 g/mol. The molecule has 0 aliphatic heterocycles. The number of thioether (sulfide) groups is 1. The van der Waals surface area contributed by atoms with Gasteiger partial charge in [-0.3, -0.25) is 19.7 Å². The summed E-state index contributed by atoms with van der Waals surface area (Å²) in [6.45, 7) is -0.252. The van der Waals surface area contributed by atoms with Gasteiger partial charge >= 0.3 is 11.9 Å². The second-order valence-electron chi connectivity index (χ2n) is 5.38. The maximum absolute atomic E-state index is 12.3. The molecule has 1 N–H and O–H groups in total. The van der Waals surface area contributed by atoms with Crippen LogP contribution in [0.2, 0.25) is 0 Å². The number of rotatable bonds is 9. The molecule has 0 bridgehead atoms. The van der Waals surface area contributed by atoms with Crippen LogP contribution in [0, 0.1) is 10.1 Å². The molecule has 0 saturated carbocycles. The van der Waals surface area contributed by atoms with E-state index in [4.69, 9.17) is 9.84 Å². The first kappa shape index (κ1) is 20.1. The van der Waals surface area contributed by atoms with Gasteiger partial charge in [0.25, 0.3) is 11.5 Å². The van der Waals surface area contributed by atoms with E-state index in [1.807, 2.05) is 0 Å². The third kappa shape index (κ3) is 6.23. The molecule has 0 saturated heterocycles. The number of ketones is 1. The molecule has 8 nitrogen and oxygen atoms in total. The van der Waals surface area contributed by atoms with Crippen LogP contribution >= 0.6 is 11.8 Å². The number of hydrogen-bond donors (Lipinski definition) is 1. The van der Waals surface area contributed by atoms with Crippen molar-refractivity contribution >= 4 is 35.2 Å². The number of nitro groups is 1. The van der Waals surface area contributed by atoms with Crippen molar-refractivity contribution in [1.29, 1.82) is 0 Å². The topological polar surface area (TPSA) is 124 Å². The highest BCUT2D eigenvalue weighted by atomic mass is 32.2. The van der Waals surface area contributed by atoms with Gasteiger partial charge in [0.05, 0.1) is 16.6 Å². The third-order valence-corrected chi connectivity index (χ3v) is 4.60. The minimum absolute atomic E-state index is 0.109. The first-order chi connectivity index (χ1) is 12.9. The summed E-state index contributed by atoms with van der Waals surface area (Å²) in [4.78, 5) is 46.0. The number of carboxylic acids is 1. The number of carboxylic acid groups (broad SMARTS) is 1. The van der Waals surface area contributed by atoms with Gasteiger partial charge in [0.2, 0.25) is 0 Å². The normalized spacial score (nSPS) is 11.4. The van der Waals surface area contributed by atoms with Gasteiger partial charge in [-0.05, 0) is 29.8 Å². The van der Waals surface area contributed by atoms with Crippen molar-refractivity contribution in [3.63, 3.8) is 0 Å². The minimum Gasteiger partial charge on any atom is -0.481 e. The van der Waals surface area contributed by atoms with Crippen LogP contribution in [-0.2, 0) is 25.7 Å². The number of carbonyl (C=O) groups excluding carboxylic acids is 2. The maximum atomic E-state index is 12.3. The quantitative estimate of drug-likeness (QED) is 0.228. The second kappa shape index (κ2) is 9.48. The molecule has 140 valence electrons. The number of hydrogen-bond acceptors (Lipinski definition) is 7. The molecule has 0 heterocycles. The molecule has 0 radical (unpaired) electrons. The van der Waals surface area contributed by atoms with Gasteiger partial charge in [0.1, 0.15) is 6.61 Å². The van der Waals surface area contributed by atoms with Gasteiger partial charge in [-0.15, -0.1) is 11.8 Å². The smallest absolute Gasteiger partial charge is 0.376 e. The highest BCUT2D eigenvalue weighted by Crippen LogP contribution is 2.26. The Balaban J connectivity index is 1.99. The van der Waals surface area contributed by atoms with Gasteiger partial charge in [0, 0.05) is 17.0 Å². The predicted octanol–water partition coefficient (Wildman–Crippen LogP) is 2.84. The summed E-state index contributed by atoms with van der Waals surface area (Å²) in [6, 6.07) is 14.0. The van der Waals surface area contributed by atoms with E-state index in [1.54, 1.807) is 30.3 Å². The van der Waals surface area contributed by atoms with Gasteiger partial charge in [-0.2, -0.15) is 0 Å². The van der Waals surface area contributed by atoms with Crippen molar-refractivity contribution in [3.8, 4) is 0 Å². The van der Waals surface area contributed by atoms with E-state index < -0.39 is 34.3 Å². The highest BCUT2D eigenvalue weighted by molar-refractivity contribution is 8.00. The number of ether oxygens (including phenoxy) is 1. The molecular formula is C18H15NO7S. The second-order valence-corrected chi connectivity index (χ2v) is 6.66. The van der Waals surface area contributed by atoms with Gasteiger partial charge in [-0.1, -0.05) is 18.2 Å². The highest BCUT2D eigenvalue weighted by Gasteiger charge is 2.30. The van der Waals surface area contributed by atoms with Crippen LogP contribution in [-0.4, -0.2) is 33.0 Å². The van der Waals surface area contributed by atoms with E-state index >= 15 is 0 Å².